The van der Waals surface area contributed by atoms with Crippen molar-refractivity contribution in [3.8, 4) is 22.3 Å². The fourth-order valence-electron chi connectivity index (χ4n) is 14.9. The lowest BCUT2D eigenvalue weighted by molar-refractivity contribution is 1.14. The first-order chi connectivity index (χ1) is 41.1. The average molecular weight is 1140 g/mol. The van der Waals surface area contributed by atoms with Crippen LogP contribution in [0.4, 0.5) is 0 Å². The number of hydrogen-bond donors (Lipinski definition) is 4. The van der Waals surface area contributed by atoms with Crippen LogP contribution in [-0.2, 0) is 25.7 Å². The molecule has 8 nitrogen and oxygen atoms in total. The predicted molar refractivity (Wildman–Crippen MR) is 367 cm³/mol. The van der Waals surface area contributed by atoms with E-state index in [0.29, 0.717) is 0 Å². The van der Waals surface area contributed by atoms with Gasteiger partial charge in [0.15, 0.2) is 0 Å². The van der Waals surface area contributed by atoms with E-state index in [1.54, 1.807) is 0 Å². The van der Waals surface area contributed by atoms with Gasteiger partial charge >= 0.3 is 0 Å². The molecule has 0 radical (unpaired) electrons. The first-order valence-electron chi connectivity index (χ1n) is 31.4. The van der Waals surface area contributed by atoms with Gasteiger partial charge in [-0.25, -0.2) is 19.9 Å². The minimum atomic E-state index is 0.854. The van der Waals surface area contributed by atoms with E-state index in [1.165, 1.54) is 109 Å². The lowest BCUT2D eigenvalue weighted by atomic mass is 9.93. The Morgan fingerprint density at radius 2 is 0.635 bits per heavy atom. The highest BCUT2D eigenvalue weighted by molar-refractivity contribution is 7.25. The van der Waals surface area contributed by atoms with E-state index in [-0.39, 0.29) is 0 Å². The molecule has 4 aliphatic heterocycles. The van der Waals surface area contributed by atoms with Crippen LogP contribution in [0.3, 0.4) is 0 Å². The summed E-state index contributed by atoms with van der Waals surface area (Å²) >= 11 is 1.88. The Hall–Kier alpha value is -8.14. The monoisotopic (exact) mass is 1140 g/mol. The highest BCUT2D eigenvalue weighted by atomic mass is 32.1. The summed E-state index contributed by atoms with van der Waals surface area (Å²) in [7, 11) is 0. The van der Waals surface area contributed by atoms with Crippen LogP contribution in [0.5, 0.6) is 0 Å². The Labute approximate surface area is 504 Å². The molecule has 11 heterocycles. The molecule has 0 amide bonds. The van der Waals surface area contributed by atoms with Crippen LogP contribution in [0.1, 0.15) is 199 Å². The van der Waals surface area contributed by atoms with Gasteiger partial charge in [-0.3, -0.25) is 0 Å². The summed E-state index contributed by atoms with van der Waals surface area (Å²) < 4.78 is 2.48. The first-order valence-corrected chi connectivity index (χ1v) is 32.2. The number of fused-ring (bicyclic) bond motifs is 19. The highest BCUT2D eigenvalue weighted by Crippen LogP contribution is 2.47. The molecular weight excluding hydrogens is 1060 g/mol. The van der Waals surface area contributed by atoms with Crippen molar-refractivity contribution in [2.24, 2.45) is 0 Å². The molecule has 0 unspecified atom stereocenters. The number of nitrogens with zero attached hydrogens (tertiary/aromatic N) is 4. The SMILES string of the molecule is CCC1=C(C)c2cc3[nH]c(c(CC)c3C)c(-c3ccc4c(c3)sc3cc(-c5c6nc(cc7[nH]c(cc8nc(cc9[nH]c5c(CC)c9C)C(C)=C8CC)c(CC)c7C)C(C)=C6CC)ccc34)c3nc(cc4[nH]c(cc1n2)c(CC)c4C)C(C)=C3CC. The summed E-state index contributed by atoms with van der Waals surface area (Å²) in [6.45, 7) is 36.2. The number of nitrogens with one attached hydrogen (secondary N) is 4. The van der Waals surface area contributed by atoms with Crippen molar-refractivity contribution in [2.75, 3.05) is 0 Å². The van der Waals surface area contributed by atoms with Crippen molar-refractivity contribution in [1.29, 1.82) is 0 Å². The molecule has 85 heavy (non-hydrogen) atoms. The third-order valence-electron chi connectivity index (χ3n) is 19.8. The van der Waals surface area contributed by atoms with Crippen LogP contribution in [0.15, 0.2) is 72.8 Å². The van der Waals surface area contributed by atoms with Gasteiger partial charge in [0.05, 0.1) is 56.6 Å². The molecule has 0 spiro atoms. The van der Waals surface area contributed by atoms with Crippen LogP contribution in [0.2, 0.25) is 0 Å². The first kappa shape index (κ1) is 56.0. The molecule has 2 aromatic carbocycles. The molecule has 0 saturated heterocycles. The normalized spacial score (nSPS) is 13.8. The summed E-state index contributed by atoms with van der Waals surface area (Å²) in [6, 6.07) is 28.1. The third kappa shape index (κ3) is 8.72. The molecule has 0 saturated carbocycles. The van der Waals surface area contributed by atoms with Crippen molar-refractivity contribution in [1.82, 2.24) is 39.9 Å². The zero-order chi connectivity index (χ0) is 59.6. The Morgan fingerprint density at radius 1 is 0.318 bits per heavy atom. The van der Waals surface area contributed by atoms with E-state index in [1.807, 2.05) is 11.3 Å². The van der Waals surface area contributed by atoms with E-state index in [4.69, 9.17) is 19.9 Å². The van der Waals surface area contributed by atoms with Gasteiger partial charge in [0.25, 0.3) is 0 Å². The molecule has 0 fully saturated rings. The quantitative estimate of drug-likeness (QED) is 0.109. The Kier molecular flexibility index (Phi) is 14.1. The number of thiophene rings is 1. The second-order valence-corrected chi connectivity index (χ2v) is 25.1. The van der Waals surface area contributed by atoms with Crippen LogP contribution in [0.25, 0.3) is 131 Å². The Bertz CT molecular complexity index is 4580. The second kappa shape index (κ2) is 21.4. The predicted octanol–water partition coefficient (Wildman–Crippen LogP) is 21.5. The molecule has 0 aliphatic carbocycles. The van der Waals surface area contributed by atoms with Crippen molar-refractivity contribution < 1.29 is 0 Å². The van der Waals surface area contributed by atoms with Gasteiger partial charge < -0.3 is 19.9 Å². The number of aromatic amines is 4. The zero-order valence-corrected chi connectivity index (χ0v) is 53.6. The van der Waals surface area contributed by atoms with Gasteiger partial charge in [-0.2, -0.15) is 0 Å². The Morgan fingerprint density at radius 3 is 0.988 bits per heavy atom. The molecule has 9 aromatic rings. The summed E-state index contributed by atoms with van der Waals surface area (Å²) in [5.74, 6) is 0. The number of aromatic nitrogens is 8. The van der Waals surface area contributed by atoms with Crippen LogP contribution >= 0.6 is 11.3 Å². The fourth-order valence-corrected chi connectivity index (χ4v) is 16.0. The van der Waals surface area contributed by atoms with Gasteiger partial charge in [-0.15, -0.1) is 11.3 Å². The molecule has 16 bridgehead atoms. The molecule has 430 valence electrons. The van der Waals surface area contributed by atoms with E-state index in [9.17, 15) is 0 Å². The number of hydrogen-bond acceptors (Lipinski definition) is 5. The number of benzene rings is 2. The van der Waals surface area contributed by atoms with Gasteiger partial charge in [-0.05, 0) is 256 Å². The highest BCUT2D eigenvalue weighted by Gasteiger charge is 2.28. The van der Waals surface area contributed by atoms with Gasteiger partial charge in [-0.1, -0.05) is 79.7 Å². The third-order valence-corrected chi connectivity index (χ3v) is 20.9. The van der Waals surface area contributed by atoms with Crippen molar-refractivity contribution in [3.05, 3.63) is 163 Å². The van der Waals surface area contributed by atoms with Crippen molar-refractivity contribution in [3.63, 3.8) is 0 Å². The van der Waals surface area contributed by atoms with Crippen LogP contribution in [-0.4, -0.2) is 39.9 Å². The largest absolute Gasteiger partial charge is 0.355 e. The zero-order valence-electron chi connectivity index (χ0n) is 52.8. The smallest absolute Gasteiger partial charge is 0.0771 e. The van der Waals surface area contributed by atoms with Gasteiger partial charge in [0.1, 0.15) is 0 Å². The van der Waals surface area contributed by atoms with Gasteiger partial charge in [0, 0.05) is 64.4 Å². The van der Waals surface area contributed by atoms with E-state index >= 15 is 0 Å². The molecule has 9 heteroatoms. The topological polar surface area (TPSA) is 115 Å². The van der Waals surface area contributed by atoms with E-state index < -0.39 is 0 Å². The maximum Gasteiger partial charge on any atom is 0.0771 e. The lowest BCUT2D eigenvalue weighted by Crippen LogP contribution is -1.92. The lowest BCUT2D eigenvalue weighted by Gasteiger charge is -2.11. The molecule has 4 N–H and O–H groups in total. The van der Waals surface area contributed by atoms with E-state index in [2.05, 4.69) is 204 Å². The molecule has 4 aliphatic rings. The van der Waals surface area contributed by atoms with Crippen molar-refractivity contribution in [2.45, 2.75) is 162 Å². The number of H-pyrrole nitrogens is 4. The maximum atomic E-state index is 5.73. The second-order valence-electron chi connectivity index (χ2n) is 24.0. The van der Waals surface area contributed by atoms with Crippen molar-refractivity contribution >= 4 is 120 Å². The van der Waals surface area contributed by atoms with E-state index in [0.717, 1.165) is 163 Å². The molecule has 7 aromatic heterocycles. The average Bonchev–Trinajstić information content (AvgIpc) is 2.05. The molecular formula is C76H80N8S. The maximum absolute atomic E-state index is 5.73. The summed E-state index contributed by atoms with van der Waals surface area (Å²) in [4.78, 5) is 38.1. The standard InChI is InChI=1S/C76H80N8S/c1-17-47-37(9)57-31-61-41(13)51(21-5)73(81-61)71(74-52(22-6)42(14)62(82-74)32-58-38(10)48(18-2)66(78-58)35-65(47)77-57)45-25-27-55-56-28-26-46(30-70(56)85-69(55)29-45)72-75-53(23-7)43(15)63(83-75)33-59-39(11)49(19-3)67(79-59)36-68-50(20-4)40(12)60(80-68)34-64-44(16)54(24-8)76(72)84-64/h25-36,77,79,82,84H,17-24H2,1-16H3. The minimum absolute atomic E-state index is 0.854. The number of aryl methyl sites for hydroxylation is 8. The number of allylic oxidation sites excluding steroid dienone is 8. The number of rotatable bonds is 10. The van der Waals surface area contributed by atoms with Crippen LogP contribution < -0.4 is 0 Å². The summed E-state index contributed by atoms with van der Waals surface area (Å²) in [6.07, 6.45) is 7.09. The molecule has 13 rings (SSSR count). The Balaban J connectivity index is 1.08. The van der Waals surface area contributed by atoms with Crippen LogP contribution in [0, 0.1) is 27.7 Å². The fraction of sp³-hybridized carbons (Fsp3) is 0.316. The van der Waals surface area contributed by atoms with Gasteiger partial charge in [0.2, 0.25) is 0 Å². The summed E-state index contributed by atoms with van der Waals surface area (Å²) in [5, 5.41) is 2.50. The minimum Gasteiger partial charge on any atom is -0.355 e. The summed E-state index contributed by atoms with van der Waals surface area (Å²) in [5.41, 5.74) is 42.1. The molecule has 0 atom stereocenters.